The van der Waals surface area contributed by atoms with Crippen LogP contribution in [0.4, 0.5) is 0 Å². The zero-order valence-electron chi connectivity index (χ0n) is 21.1. The van der Waals surface area contributed by atoms with Crippen molar-refractivity contribution in [1.82, 2.24) is 10.6 Å². The van der Waals surface area contributed by atoms with Gasteiger partial charge in [0.05, 0.1) is 12.1 Å². The van der Waals surface area contributed by atoms with Gasteiger partial charge in [0.1, 0.15) is 35.9 Å². The lowest BCUT2D eigenvalue weighted by atomic mass is 9.85. The highest BCUT2D eigenvalue weighted by atomic mass is 32.2. The molecule has 4 heterocycles. The average molecular weight is 516 g/mol. The monoisotopic (exact) mass is 515 g/mol. The van der Waals surface area contributed by atoms with E-state index in [4.69, 9.17) is 15.2 Å². The van der Waals surface area contributed by atoms with Crippen molar-refractivity contribution in [3.05, 3.63) is 0 Å². The van der Waals surface area contributed by atoms with Crippen LogP contribution in [0.5, 0.6) is 0 Å². The Balaban J connectivity index is 1.44. The van der Waals surface area contributed by atoms with Crippen LogP contribution in [0, 0.1) is 17.8 Å². The van der Waals surface area contributed by atoms with Crippen molar-refractivity contribution in [3.63, 3.8) is 0 Å². The van der Waals surface area contributed by atoms with Gasteiger partial charge in [0, 0.05) is 24.9 Å². The zero-order valence-corrected chi connectivity index (χ0v) is 21.9. The van der Waals surface area contributed by atoms with Gasteiger partial charge >= 0.3 is 0 Å². The lowest BCUT2D eigenvalue weighted by molar-refractivity contribution is -0.206. The molecule has 9 nitrogen and oxygen atoms in total. The summed E-state index contributed by atoms with van der Waals surface area (Å²) in [5, 5.41) is 38.5. The van der Waals surface area contributed by atoms with Crippen LogP contribution in [-0.2, 0) is 14.3 Å². The first kappa shape index (κ1) is 27.6. The molecule has 0 aromatic heterocycles. The number of ether oxygens (including phenoxy) is 2. The number of amides is 1. The van der Waals surface area contributed by atoms with Gasteiger partial charge in [-0.1, -0.05) is 26.7 Å². The number of carbonyl (C=O) groups is 1. The summed E-state index contributed by atoms with van der Waals surface area (Å²) in [5.41, 5.74) is 5.20. The van der Waals surface area contributed by atoms with Crippen LogP contribution in [0.25, 0.3) is 0 Å². The summed E-state index contributed by atoms with van der Waals surface area (Å²) < 4.78 is 12.3. The summed E-state index contributed by atoms with van der Waals surface area (Å²) in [5.74, 6) is 1.43. The summed E-state index contributed by atoms with van der Waals surface area (Å²) >= 11 is 1.41. The third kappa shape index (κ3) is 6.52. The number of carbonyl (C=O) groups excluding carboxylic acids is 1. The highest BCUT2D eigenvalue weighted by Crippen LogP contribution is 2.36. The summed E-state index contributed by atoms with van der Waals surface area (Å²) in [6, 6.07) is -0.922. The molecule has 7 N–H and O–H groups in total. The highest BCUT2D eigenvalue weighted by molar-refractivity contribution is 8.00. The van der Waals surface area contributed by atoms with E-state index in [0.29, 0.717) is 37.3 Å². The van der Waals surface area contributed by atoms with Gasteiger partial charge in [-0.05, 0) is 49.9 Å². The van der Waals surface area contributed by atoms with Gasteiger partial charge in [-0.15, -0.1) is 11.8 Å². The fourth-order valence-electron chi connectivity index (χ4n) is 6.35. The van der Waals surface area contributed by atoms with Crippen molar-refractivity contribution >= 4 is 17.7 Å². The summed E-state index contributed by atoms with van der Waals surface area (Å²) in [6.45, 7) is 6.39. The average Bonchev–Trinajstić information content (AvgIpc) is 3.11. The topological polar surface area (TPSA) is 146 Å². The predicted molar refractivity (Wildman–Crippen MR) is 135 cm³/mol. The van der Waals surface area contributed by atoms with Gasteiger partial charge in [0.15, 0.2) is 0 Å². The molecule has 35 heavy (non-hydrogen) atoms. The van der Waals surface area contributed by atoms with Crippen LogP contribution in [0.3, 0.4) is 0 Å². The molecule has 10 heteroatoms. The Morgan fingerprint density at radius 2 is 1.89 bits per heavy atom. The molecule has 0 aromatic rings. The van der Waals surface area contributed by atoms with Crippen molar-refractivity contribution < 1.29 is 29.6 Å². The number of nitrogens with two attached hydrogens (primary N) is 1. The van der Waals surface area contributed by atoms with Gasteiger partial charge < -0.3 is 41.2 Å². The molecule has 4 aliphatic rings. The Morgan fingerprint density at radius 3 is 2.63 bits per heavy atom. The predicted octanol–water partition coefficient (Wildman–Crippen LogP) is 0.343. The van der Waals surface area contributed by atoms with E-state index in [1.54, 1.807) is 0 Å². The molecule has 2 unspecified atom stereocenters. The van der Waals surface area contributed by atoms with E-state index in [-0.39, 0.29) is 17.3 Å². The molecule has 11 atom stereocenters. The third-order valence-electron chi connectivity index (χ3n) is 8.16. The minimum Gasteiger partial charge on any atom is -0.388 e. The maximum atomic E-state index is 13.5. The minimum absolute atomic E-state index is 0.107. The van der Waals surface area contributed by atoms with E-state index >= 15 is 0 Å². The van der Waals surface area contributed by atoms with Gasteiger partial charge in [0.25, 0.3) is 0 Å². The second kappa shape index (κ2) is 12.4. The van der Waals surface area contributed by atoms with Crippen LogP contribution in [0.2, 0.25) is 0 Å². The summed E-state index contributed by atoms with van der Waals surface area (Å²) in [4.78, 5) is 13.5. The first-order valence-electron chi connectivity index (χ1n) is 13.5. The van der Waals surface area contributed by atoms with Crippen molar-refractivity contribution in [2.24, 2.45) is 23.5 Å². The van der Waals surface area contributed by atoms with Gasteiger partial charge in [-0.2, -0.15) is 0 Å². The van der Waals surface area contributed by atoms with Gasteiger partial charge in [0.2, 0.25) is 5.91 Å². The van der Waals surface area contributed by atoms with Crippen LogP contribution in [0.15, 0.2) is 0 Å². The number of aliphatic hydroxyl groups is 3. The van der Waals surface area contributed by atoms with Crippen molar-refractivity contribution in [3.8, 4) is 0 Å². The van der Waals surface area contributed by atoms with E-state index < -0.39 is 41.9 Å². The molecule has 202 valence electrons. The largest absolute Gasteiger partial charge is 0.388 e. The van der Waals surface area contributed by atoms with E-state index in [1.165, 1.54) is 18.2 Å². The number of nitrogens with one attached hydrogen (secondary N) is 2. The second-order valence-corrected chi connectivity index (χ2v) is 12.7. The number of fused-ring (bicyclic) bond motifs is 3. The minimum atomic E-state index is -1.35. The Labute approximate surface area is 213 Å². The number of thioether (sulfide) groups is 1. The first-order valence-corrected chi connectivity index (χ1v) is 14.4. The molecule has 0 aliphatic carbocycles. The highest BCUT2D eigenvalue weighted by Gasteiger charge is 2.49. The maximum absolute atomic E-state index is 13.5. The molecule has 0 radical (unpaired) electrons. The number of hydrogen-bond donors (Lipinski definition) is 6. The van der Waals surface area contributed by atoms with Gasteiger partial charge in [-0.25, -0.2) is 0 Å². The molecular weight excluding hydrogens is 470 g/mol. The molecule has 4 fully saturated rings. The molecule has 1 amide bonds. The number of hydrogen-bond acceptors (Lipinski definition) is 9. The molecule has 0 spiro atoms. The van der Waals surface area contributed by atoms with Crippen molar-refractivity contribution in [2.75, 3.05) is 19.7 Å². The maximum Gasteiger partial charge on any atom is 0.240 e. The fraction of sp³-hybridized carbons (Fsp3) is 0.960. The normalized spacial score (nSPS) is 44.9. The summed E-state index contributed by atoms with van der Waals surface area (Å²) in [7, 11) is 0. The zero-order chi connectivity index (χ0) is 25.1. The van der Waals surface area contributed by atoms with Crippen LogP contribution in [0.1, 0.15) is 58.8 Å². The second-order valence-electron chi connectivity index (χ2n) is 11.3. The smallest absolute Gasteiger partial charge is 0.240 e. The molecule has 2 bridgehead atoms. The Morgan fingerprint density at radius 1 is 1.11 bits per heavy atom. The van der Waals surface area contributed by atoms with Crippen LogP contribution >= 0.6 is 11.8 Å². The molecule has 4 rings (SSSR count). The third-order valence-corrected chi connectivity index (χ3v) is 9.64. The van der Waals surface area contributed by atoms with Crippen LogP contribution in [-0.4, -0.2) is 94.2 Å². The number of aliphatic hydroxyl groups excluding tert-OH is 3. The Bertz CT molecular complexity index is 702. The quantitative estimate of drug-likeness (QED) is 0.305. The SMILES string of the molecule is CC(C)C[C@@H]1CCO[C@@H]2[C@H](CN[C@@H]2C(=O)N[C@@H]2CCCC[C@H](CN)SC3O[C@H]2[C@@H](O)C(O)[C@H]3O)C1. The van der Waals surface area contributed by atoms with Gasteiger partial charge in [-0.3, -0.25) is 4.79 Å². The lowest BCUT2D eigenvalue weighted by Crippen LogP contribution is -2.64. The molecule has 4 aliphatic heterocycles. The molecule has 0 aromatic carbocycles. The van der Waals surface area contributed by atoms with Crippen molar-refractivity contribution in [1.29, 1.82) is 0 Å². The molecular formula is C25H45N3O6S. The van der Waals surface area contributed by atoms with Crippen LogP contribution < -0.4 is 16.4 Å². The molecule has 4 saturated heterocycles. The van der Waals surface area contributed by atoms with E-state index in [1.807, 2.05) is 0 Å². The number of rotatable bonds is 5. The lowest BCUT2D eigenvalue weighted by Gasteiger charge is -2.45. The Hall–Kier alpha value is -0.460. The molecule has 0 saturated carbocycles. The van der Waals surface area contributed by atoms with E-state index in [9.17, 15) is 20.1 Å². The summed E-state index contributed by atoms with van der Waals surface area (Å²) in [6.07, 6.45) is 1.72. The Kier molecular flexibility index (Phi) is 9.76. The fourth-order valence-corrected chi connectivity index (χ4v) is 7.66. The first-order chi connectivity index (χ1) is 16.8. The standard InChI is InChI=1S/C25H45N3O6S/c1-13(2)9-14-7-8-33-22-15(10-14)12-27-18(22)24(32)28-17-6-4-3-5-16(11-26)35-25-21(31)19(29)20(30)23(17)34-25/h13-23,25,27,29-31H,3-12,26H2,1-2H3,(H,28,32)/t14-,15-,16+,17+,18-,19?,20-,21+,22+,23+,25?/m0/s1. The van der Waals surface area contributed by atoms with E-state index in [0.717, 1.165) is 38.6 Å². The van der Waals surface area contributed by atoms with E-state index in [2.05, 4.69) is 24.5 Å². The van der Waals surface area contributed by atoms with Crippen molar-refractivity contribution in [2.45, 2.75) is 112 Å².